The van der Waals surface area contributed by atoms with Gasteiger partial charge in [-0.05, 0) is 106 Å². The molecule has 0 amide bonds. The molecule has 0 spiro atoms. The van der Waals surface area contributed by atoms with Crippen LogP contribution in [0.3, 0.4) is 0 Å². The number of esters is 2. The quantitative estimate of drug-likeness (QED) is 0.379. The average molecular weight is 467 g/mol. The zero-order chi connectivity index (χ0) is 23.0. The molecule has 0 aromatic rings. The number of carbonyl (C=O) groups excluding carboxylic acids is 2. The zero-order valence-electron chi connectivity index (χ0n) is 19.5. The number of ether oxygens (including phenoxy) is 3. The van der Waals surface area contributed by atoms with Crippen LogP contribution in [-0.2, 0) is 23.8 Å². The van der Waals surface area contributed by atoms with Crippen molar-refractivity contribution in [2.75, 3.05) is 6.79 Å². The van der Waals surface area contributed by atoms with E-state index < -0.39 is 29.8 Å². The molecule has 0 aromatic carbocycles. The molecule has 0 aliphatic heterocycles. The highest BCUT2D eigenvalue weighted by atomic mass is 19.3. The number of hydrogen-bond acceptors (Lipinski definition) is 5. The first kappa shape index (κ1) is 22.2. The van der Waals surface area contributed by atoms with Gasteiger partial charge in [-0.1, -0.05) is 6.92 Å². The Hall–Kier alpha value is -1.24. The van der Waals surface area contributed by atoms with E-state index in [2.05, 4.69) is 0 Å². The molecule has 8 aliphatic carbocycles. The maximum absolute atomic E-state index is 13.8. The van der Waals surface area contributed by atoms with Crippen molar-refractivity contribution in [3.05, 3.63) is 0 Å². The maximum atomic E-state index is 13.8. The molecule has 0 radical (unpaired) electrons. The molecular formula is C26H36F2O5. The van der Waals surface area contributed by atoms with Crippen molar-refractivity contribution in [2.24, 2.45) is 40.9 Å². The van der Waals surface area contributed by atoms with Crippen molar-refractivity contribution >= 4 is 11.9 Å². The Morgan fingerprint density at radius 1 is 0.848 bits per heavy atom. The standard InChI is InChI=1S/C26H36F2O5/c1-2-26(27,28)23(30)33-21-19-6-18-7-20(21)13-24(8-18,12-19)22(29)31-14-32-25-9-15-3-16(10-25)5-17(4-15)11-25/h15-21H,2-14H2,1H3. The van der Waals surface area contributed by atoms with E-state index in [0.29, 0.717) is 18.8 Å². The highest BCUT2D eigenvalue weighted by Crippen LogP contribution is 2.61. The third-order valence-electron chi connectivity index (χ3n) is 10.1. The minimum atomic E-state index is -3.44. The lowest BCUT2D eigenvalue weighted by Crippen LogP contribution is -2.58. The first-order valence-corrected chi connectivity index (χ1v) is 13.1. The number of carbonyl (C=O) groups is 2. The SMILES string of the molecule is CCC(F)(F)C(=O)OC1C2CC3CC1CC(C(=O)OCOC14CC5CC(CC(C5)C1)C4)(C3)C2. The molecule has 2 atom stereocenters. The molecule has 2 unspecified atom stereocenters. The second kappa shape index (κ2) is 7.63. The zero-order valence-corrected chi connectivity index (χ0v) is 19.5. The van der Waals surface area contributed by atoms with Crippen LogP contribution >= 0.6 is 0 Å². The molecule has 0 heterocycles. The van der Waals surface area contributed by atoms with Crippen molar-refractivity contribution in [1.82, 2.24) is 0 Å². The van der Waals surface area contributed by atoms with E-state index in [1.54, 1.807) is 0 Å². The Labute approximate surface area is 194 Å². The molecule has 184 valence electrons. The number of halogens is 2. The number of alkyl halides is 2. The van der Waals surface area contributed by atoms with Crippen LogP contribution in [0.15, 0.2) is 0 Å². The van der Waals surface area contributed by atoms with E-state index in [1.807, 2.05) is 0 Å². The molecule has 7 heteroatoms. The van der Waals surface area contributed by atoms with Crippen LogP contribution in [0.2, 0.25) is 0 Å². The fraction of sp³-hybridized carbons (Fsp3) is 0.923. The third-order valence-corrected chi connectivity index (χ3v) is 10.1. The van der Waals surface area contributed by atoms with E-state index in [9.17, 15) is 18.4 Å². The topological polar surface area (TPSA) is 61.8 Å². The van der Waals surface area contributed by atoms with Gasteiger partial charge in [0, 0.05) is 6.42 Å². The third kappa shape index (κ3) is 3.71. The molecule has 0 N–H and O–H groups in total. The Bertz CT molecular complexity index is 774. The van der Waals surface area contributed by atoms with Crippen LogP contribution in [0, 0.1) is 40.9 Å². The van der Waals surface area contributed by atoms with Gasteiger partial charge in [0.05, 0.1) is 11.0 Å². The largest absolute Gasteiger partial charge is 0.457 e. The molecule has 8 aliphatic rings. The van der Waals surface area contributed by atoms with Gasteiger partial charge in [-0.25, -0.2) is 4.79 Å². The van der Waals surface area contributed by atoms with Crippen molar-refractivity contribution < 1.29 is 32.6 Å². The predicted molar refractivity (Wildman–Crippen MR) is 114 cm³/mol. The number of rotatable bonds is 7. The van der Waals surface area contributed by atoms with Gasteiger partial charge in [0.2, 0.25) is 0 Å². The summed E-state index contributed by atoms with van der Waals surface area (Å²) in [5.41, 5.74) is -0.669. The van der Waals surface area contributed by atoms with Gasteiger partial charge in [0.15, 0.2) is 6.79 Å². The Morgan fingerprint density at radius 3 is 1.94 bits per heavy atom. The van der Waals surface area contributed by atoms with E-state index >= 15 is 0 Å². The van der Waals surface area contributed by atoms with Crippen LogP contribution in [0.1, 0.15) is 84.0 Å². The summed E-state index contributed by atoms with van der Waals surface area (Å²) in [6, 6.07) is 0. The van der Waals surface area contributed by atoms with Crippen LogP contribution in [0.4, 0.5) is 8.78 Å². The van der Waals surface area contributed by atoms with Gasteiger partial charge in [-0.15, -0.1) is 0 Å². The normalized spacial score (nSPS) is 47.1. The van der Waals surface area contributed by atoms with Crippen LogP contribution in [0.5, 0.6) is 0 Å². The molecular weight excluding hydrogens is 430 g/mol. The molecule has 0 saturated heterocycles. The molecule has 0 aromatic heterocycles. The summed E-state index contributed by atoms with van der Waals surface area (Å²) >= 11 is 0. The molecule has 8 bridgehead atoms. The Balaban J connectivity index is 1.07. The van der Waals surface area contributed by atoms with Gasteiger partial charge in [0.25, 0.3) is 0 Å². The van der Waals surface area contributed by atoms with E-state index in [-0.39, 0.29) is 30.2 Å². The predicted octanol–water partition coefficient (Wildman–Crippen LogP) is 5.26. The molecule has 5 nitrogen and oxygen atoms in total. The summed E-state index contributed by atoms with van der Waals surface area (Å²) in [5, 5.41) is 0. The Morgan fingerprint density at radius 2 is 1.39 bits per heavy atom. The summed E-state index contributed by atoms with van der Waals surface area (Å²) in [5.74, 6) is -2.44. The van der Waals surface area contributed by atoms with Gasteiger partial charge in [-0.2, -0.15) is 8.78 Å². The van der Waals surface area contributed by atoms with Crippen molar-refractivity contribution in [1.29, 1.82) is 0 Å². The molecule has 8 saturated carbocycles. The van der Waals surface area contributed by atoms with Crippen LogP contribution in [-0.4, -0.2) is 36.4 Å². The summed E-state index contributed by atoms with van der Waals surface area (Å²) in [6.07, 6.45) is 9.85. The summed E-state index contributed by atoms with van der Waals surface area (Å²) < 4.78 is 45.1. The Kier molecular flexibility index (Phi) is 5.14. The minimum absolute atomic E-state index is 0.0217. The van der Waals surface area contributed by atoms with Gasteiger partial charge < -0.3 is 14.2 Å². The smallest absolute Gasteiger partial charge is 0.377 e. The second-order valence-electron chi connectivity index (χ2n) is 12.5. The average Bonchev–Trinajstić information content (AvgIpc) is 2.74. The molecule has 33 heavy (non-hydrogen) atoms. The van der Waals surface area contributed by atoms with Crippen LogP contribution in [0.25, 0.3) is 0 Å². The van der Waals surface area contributed by atoms with Crippen molar-refractivity contribution in [3.8, 4) is 0 Å². The number of hydrogen-bond donors (Lipinski definition) is 0. The van der Waals surface area contributed by atoms with E-state index in [0.717, 1.165) is 56.3 Å². The lowest BCUT2D eigenvalue weighted by atomic mass is 9.48. The first-order valence-electron chi connectivity index (χ1n) is 13.1. The summed E-state index contributed by atoms with van der Waals surface area (Å²) in [6.45, 7) is 1.31. The first-order chi connectivity index (χ1) is 15.7. The molecule has 8 rings (SSSR count). The minimum Gasteiger partial charge on any atom is -0.457 e. The van der Waals surface area contributed by atoms with Gasteiger partial charge >= 0.3 is 17.9 Å². The fourth-order valence-corrected chi connectivity index (χ4v) is 9.34. The molecule has 8 fully saturated rings. The highest BCUT2D eigenvalue weighted by molar-refractivity contribution is 5.79. The maximum Gasteiger partial charge on any atom is 0.377 e. The summed E-state index contributed by atoms with van der Waals surface area (Å²) in [7, 11) is 0. The van der Waals surface area contributed by atoms with Gasteiger partial charge in [0.1, 0.15) is 6.10 Å². The van der Waals surface area contributed by atoms with Crippen molar-refractivity contribution in [3.63, 3.8) is 0 Å². The monoisotopic (exact) mass is 466 g/mol. The lowest BCUT2D eigenvalue weighted by Gasteiger charge is -2.58. The van der Waals surface area contributed by atoms with Gasteiger partial charge in [-0.3, -0.25) is 4.79 Å². The highest BCUT2D eigenvalue weighted by Gasteiger charge is 2.61. The summed E-state index contributed by atoms with van der Waals surface area (Å²) in [4.78, 5) is 25.3. The van der Waals surface area contributed by atoms with Crippen molar-refractivity contribution in [2.45, 2.75) is 102 Å². The van der Waals surface area contributed by atoms with E-state index in [4.69, 9.17) is 14.2 Å². The fourth-order valence-electron chi connectivity index (χ4n) is 9.34. The van der Waals surface area contributed by atoms with E-state index in [1.165, 1.54) is 26.2 Å². The second-order valence-corrected chi connectivity index (χ2v) is 12.5. The van der Waals surface area contributed by atoms with Crippen LogP contribution < -0.4 is 0 Å². The lowest BCUT2D eigenvalue weighted by molar-refractivity contribution is -0.228.